The zero-order valence-corrected chi connectivity index (χ0v) is 17.2. The Morgan fingerprint density at radius 3 is 2.30 bits per heavy atom. The smallest absolute Gasteiger partial charge is 0.417 e. The Balaban J connectivity index is 1.48. The number of rotatable bonds is 6. The predicted molar refractivity (Wildman–Crippen MR) is 108 cm³/mol. The van der Waals surface area contributed by atoms with Gasteiger partial charge in [0.15, 0.2) is 0 Å². The summed E-state index contributed by atoms with van der Waals surface area (Å²) in [6, 6.07) is 9.44. The number of aromatic nitrogens is 1. The standard InChI is InChI=1S/C21H23F3N2O3S/c1-15-2-4-16(5-3-15)12-13-30(27,28)26-18-7-9-19(10-8-18)29-20-11-6-17(14-25-20)21(22,23)24/h2-6,11-14,18-19,26H,7-10H2,1H3/b13-12+. The van der Waals surface area contributed by atoms with E-state index in [2.05, 4.69) is 9.71 Å². The van der Waals surface area contributed by atoms with Crippen LogP contribution in [0.4, 0.5) is 13.2 Å². The number of halogens is 3. The van der Waals surface area contributed by atoms with Crippen LogP contribution < -0.4 is 9.46 Å². The molecule has 30 heavy (non-hydrogen) atoms. The summed E-state index contributed by atoms with van der Waals surface area (Å²) in [5.41, 5.74) is 1.07. The predicted octanol–water partition coefficient (Wildman–Crippen LogP) is 4.69. The Morgan fingerprint density at radius 1 is 1.07 bits per heavy atom. The molecule has 1 heterocycles. The Labute approximate surface area is 174 Å². The van der Waals surface area contributed by atoms with E-state index in [1.165, 1.54) is 6.07 Å². The summed E-state index contributed by atoms with van der Waals surface area (Å²) in [6.07, 6.45) is -0.0456. The van der Waals surface area contributed by atoms with Crippen molar-refractivity contribution in [2.75, 3.05) is 0 Å². The number of aryl methyl sites for hydroxylation is 1. The lowest BCUT2D eigenvalue weighted by Crippen LogP contribution is -2.38. The fourth-order valence-corrected chi connectivity index (χ4v) is 4.32. The molecule has 0 atom stereocenters. The lowest BCUT2D eigenvalue weighted by molar-refractivity contribution is -0.137. The normalized spacial score (nSPS) is 20.4. The highest BCUT2D eigenvalue weighted by molar-refractivity contribution is 7.92. The van der Waals surface area contributed by atoms with Crippen LogP contribution >= 0.6 is 0 Å². The van der Waals surface area contributed by atoms with Gasteiger partial charge in [-0.15, -0.1) is 0 Å². The Hall–Kier alpha value is -2.39. The molecule has 1 fully saturated rings. The average molecular weight is 440 g/mol. The fraction of sp³-hybridized carbons (Fsp3) is 0.381. The van der Waals surface area contributed by atoms with Crippen molar-refractivity contribution in [2.45, 2.75) is 50.9 Å². The molecule has 0 amide bonds. The topological polar surface area (TPSA) is 68.3 Å². The first-order valence-corrected chi connectivity index (χ1v) is 11.1. The third-order valence-corrected chi connectivity index (χ3v) is 6.03. The van der Waals surface area contributed by atoms with Gasteiger partial charge in [0.05, 0.1) is 5.56 Å². The summed E-state index contributed by atoms with van der Waals surface area (Å²) in [5.74, 6) is 0.132. The maximum atomic E-state index is 12.6. The Morgan fingerprint density at radius 2 is 1.73 bits per heavy atom. The van der Waals surface area contributed by atoms with Crippen molar-refractivity contribution in [3.63, 3.8) is 0 Å². The zero-order valence-electron chi connectivity index (χ0n) is 16.4. The number of ether oxygens (including phenoxy) is 1. The molecule has 5 nitrogen and oxygen atoms in total. The zero-order chi connectivity index (χ0) is 21.8. The van der Waals surface area contributed by atoms with Crippen molar-refractivity contribution < 1.29 is 26.3 Å². The molecule has 0 radical (unpaired) electrons. The van der Waals surface area contributed by atoms with Crippen LogP contribution in [0.5, 0.6) is 5.88 Å². The number of pyridine rings is 1. The first-order valence-electron chi connectivity index (χ1n) is 9.58. The second kappa shape index (κ2) is 9.18. The van der Waals surface area contributed by atoms with Crippen LogP contribution in [0.15, 0.2) is 48.0 Å². The van der Waals surface area contributed by atoms with Crippen LogP contribution in [0.25, 0.3) is 6.08 Å². The van der Waals surface area contributed by atoms with Crippen molar-refractivity contribution >= 4 is 16.1 Å². The molecule has 1 aromatic carbocycles. The van der Waals surface area contributed by atoms with E-state index in [0.29, 0.717) is 25.7 Å². The third-order valence-electron chi connectivity index (χ3n) is 4.87. The van der Waals surface area contributed by atoms with Gasteiger partial charge in [0, 0.05) is 23.7 Å². The molecular formula is C21H23F3N2O3S. The van der Waals surface area contributed by atoms with Crippen LogP contribution in [0.3, 0.4) is 0 Å². The minimum Gasteiger partial charge on any atom is -0.474 e. The van der Waals surface area contributed by atoms with E-state index in [4.69, 9.17) is 4.74 Å². The van der Waals surface area contributed by atoms with Crippen LogP contribution in [0, 0.1) is 6.92 Å². The lowest BCUT2D eigenvalue weighted by atomic mass is 9.94. The molecule has 0 bridgehead atoms. The van der Waals surface area contributed by atoms with Crippen molar-refractivity contribution in [2.24, 2.45) is 0 Å². The molecule has 1 N–H and O–H groups in total. The molecule has 3 rings (SSSR count). The summed E-state index contributed by atoms with van der Waals surface area (Å²) in [6.45, 7) is 1.96. The van der Waals surface area contributed by atoms with Crippen molar-refractivity contribution in [3.8, 4) is 5.88 Å². The maximum Gasteiger partial charge on any atom is 0.417 e. The second-order valence-electron chi connectivity index (χ2n) is 7.35. The number of hydrogen-bond donors (Lipinski definition) is 1. The first kappa shape index (κ1) is 22.3. The van der Waals surface area contributed by atoms with E-state index >= 15 is 0 Å². The van der Waals surface area contributed by atoms with Gasteiger partial charge < -0.3 is 4.74 Å². The molecule has 0 unspecified atom stereocenters. The van der Waals surface area contributed by atoms with Crippen LogP contribution in [0.1, 0.15) is 42.4 Å². The van der Waals surface area contributed by atoms with Crippen LogP contribution in [-0.4, -0.2) is 25.5 Å². The highest BCUT2D eigenvalue weighted by atomic mass is 32.2. The second-order valence-corrected chi connectivity index (χ2v) is 8.95. The van der Waals surface area contributed by atoms with Crippen molar-refractivity contribution in [1.82, 2.24) is 9.71 Å². The maximum absolute atomic E-state index is 12.6. The van der Waals surface area contributed by atoms with Crippen molar-refractivity contribution in [3.05, 3.63) is 64.7 Å². The van der Waals surface area contributed by atoms with E-state index in [1.807, 2.05) is 31.2 Å². The van der Waals surface area contributed by atoms with Crippen molar-refractivity contribution in [1.29, 1.82) is 0 Å². The van der Waals surface area contributed by atoms with E-state index in [0.717, 1.165) is 28.8 Å². The fourth-order valence-electron chi connectivity index (χ4n) is 3.20. The minimum absolute atomic E-state index is 0.132. The van der Waals surface area contributed by atoms with E-state index in [-0.39, 0.29) is 18.0 Å². The van der Waals surface area contributed by atoms with E-state index in [1.54, 1.807) is 6.08 Å². The SMILES string of the molecule is Cc1ccc(/C=C/S(=O)(=O)NC2CCC(Oc3ccc(C(F)(F)F)cn3)CC2)cc1. The number of nitrogens with zero attached hydrogens (tertiary/aromatic N) is 1. The molecule has 9 heteroatoms. The van der Waals surface area contributed by atoms with Gasteiger partial charge in [-0.05, 0) is 50.3 Å². The molecule has 0 saturated heterocycles. The van der Waals surface area contributed by atoms with Crippen LogP contribution in [0.2, 0.25) is 0 Å². The van der Waals surface area contributed by atoms with E-state index in [9.17, 15) is 21.6 Å². The highest BCUT2D eigenvalue weighted by Gasteiger charge is 2.31. The minimum atomic E-state index is -4.44. The van der Waals surface area contributed by atoms with Gasteiger partial charge in [-0.1, -0.05) is 29.8 Å². The van der Waals surface area contributed by atoms with Gasteiger partial charge in [-0.3, -0.25) is 0 Å². The van der Waals surface area contributed by atoms with Gasteiger partial charge in [0.1, 0.15) is 6.10 Å². The van der Waals surface area contributed by atoms with Gasteiger partial charge in [0.25, 0.3) is 0 Å². The molecule has 1 aliphatic carbocycles. The summed E-state index contributed by atoms with van der Waals surface area (Å²) in [4.78, 5) is 3.71. The molecule has 1 aliphatic rings. The largest absolute Gasteiger partial charge is 0.474 e. The van der Waals surface area contributed by atoms with Gasteiger partial charge in [-0.25, -0.2) is 18.1 Å². The molecule has 2 aromatic rings. The Kier molecular flexibility index (Phi) is 6.82. The van der Waals surface area contributed by atoms with Gasteiger partial charge in [0.2, 0.25) is 15.9 Å². The molecule has 1 aromatic heterocycles. The number of nitrogens with one attached hydrogen (secondary N) is 1. The molecule has 0 aliphatic heterocycles. The highest BCUT2D eigenvalue weighted by Crippen LogP contribution is 2.30. The molecule has 162 valence electrons. The van der Waals surface area contributed by atoms with Crippen LogP contribution in [-0.2, 0) is 16.2 Å². The number of benzene rings is 1. The quantitative estimate of drug-likeness (QED) is 0.708. The molecule has 0 spiro atoms. The average Bonchev–Trinajstić information content (AvgIpc) is 2.69. The van der Waals surface area contributed by atoms with Gasteiger partial charge in [-0.2, -0.15) is 13.2 Å². The summed E-state index contributed by atoms with van der Waals surface area (Å²) >= 11 is 0. The number of sulfonamides is 1. The number of hydrogen-bond acceptors (Lipinski definition) is 4. The van der Waals surface area contributed by atoms with Gasteiger partial charge >= 0.3 is 6.18 Å². The monoisotopic (exact) mass is 440 g/mol. The lowest BCUT2D eigenvalue weighted by Gasteiger charge is -2.28. The summed E-state index contributed by atoms with van der Waals surface area (Å²) < 4.78 is 70.7. The van der Waals surface area contributed by atoms with E-state index < -0.39 is 21.8 Å². The molecular weight excluding hydrogens is 417 g/mol. The summed E-state index contributed by atoms with van der Waals surface area (Å²) in [7, 11) is -3.57. The Bertz CT molecular complexity index is 964. The molecule has 1 saturated carbocycles. The first-order chi connectivity index (χ1) is 14.1. The number of alkyl halides is 3. The third kappa shape index (κ3) is 6.56. The summed E-state index contributed by atoms with van der Waals surface area (Å²) in [5, 5.41) is 1.16.